The molecule has 0 aromatic heterocycles. The third-order valence-corrected chi connectivity index (χ3v) is 7.59. The lowest BCUT2D eigenvalue weighted by Gasteiger charge is -2.27. The zero-order valence-electron chi connectivity index (χ0n) is 9.63. The molecule has 1 unspecified atom stereocenters. The fourth-order valence-electron chi connectivity index (χ4n) is 1.31. The third-order valence-electron chi connectivity index (χ3n) is 2.80. The molecule has 1 rings (SSSR count). The SMILES string of the molecule is CC(C)C1(C)OC(=O)C(S(=O)(=O)C(Cl)(Cl)Cl)=C1Br. The number of ether oxygens (including phenoxy) is 1. The number of hydrogen-bond acceptors (Lipinski definition) is 4. The Kier molecular flexibility index (Phi) is 4.42. The molecule has 104 valence electrons. The van der Waals surface area contributed by atoms with E-state index in [0.717, 1.165) is 0 Å². The van der Waals surface area contributed by atoms with E-state index in [4.69, 9.17) is 39.5 Å². The summed E-state index contributed by atoms with van der Waals surface area (Å²) in [7, 11) is -4.42. The molecule has 9 heteroatoms. The first-order chi connectivity index (χ1) is 7.85. The molecule has 0 saturated heterocycles. The number of esters is 1. The van der Waals surface area contributed by atoms with Crippen molar-refractivity contribution in [2.45, 2.75) is 29.5 Å². The molecule has 4 nitrogen and oxygen atoms in total. The number of sulfone groups is 1. The van der Waals surface area contributed by atoms with Crippen LogP contribution in [0.1, 0.15) is 20.8 Å². The summed E-state index contributed by atoms with van der Waals surface area (Å²) in [5.41, 5.74) is -1.09. The molecule has 0 spiro atoms. The highest BCUT2D eigenvalue weighted by molar-refractivity contribution is 9.12. The second-order valence-corrected chi connectivity index (χ2v) is 10.0. The summed E-state index contributed by atoms with van der Waals surface area (Å²) in [4.78, 5) is 11.1. The molecule has 0 radical (unpaired) electrons. The maximum absolute atomic E-state index is 12.0. The van der Waals surface area contributed by atoms with E-state index in [1.54, 1.807) is 20.8 Å². The number of carbonyl (C=O) groups excluding carboxylic acids is 1. The van der Waals surface area contributed by atoms with Gasteiger partial charge in [-0.05, 0) is 28.8 Å². The highest BCUT2D eigenvalue weighted by Crippen LogP contribution is 2.48. The molecule has 1 aliphatic heterocycles. The minimum atomic E-state index is -4.42. The second kappa shape index (κ2) is 4.81. The Morgan fingerprint density at radius 1 is 1.33 bits per heavy atom. The van der Waals surface area contributed by atoms with Crippen LogP contribution in [0.2, 0.25) is 0 Å². The molecule has 0 N–H and O–H groups in total. The number of hydrogen-bond donors (Lipinski definition) is 0. The zero-order chi connectivity index (χ0) is 14.5. The average molecular weight is 401 g/mol. The monoisotopic (exact) mass is 398 g/mol. The lowest BCUT2D eigenvalue weighted by Crippen LogP contribution is -2.32. The van der Waals surface area contributed by atoms with Gasteiger partial charge in [0, 0.05) is 0 Å². The van der Waals surface area contributed by atoms with Gasteiger partial charge in [0.25, 0.3) is 3.12 Å². The van der Waals surface area contributed by atoms with Crippen molar-refractivity contribution in [3.63, 3.8) is 0 Å². The highest BCUT2D eigenvalue weighted by atomic mass is 79.9. The fourth-order valence-corrected chi connectivity index (χ4v) is 4.28. The average Bonchev–Trinajstić information content (AvgIpc) is 2.37. The Morgan fingerprint density at radius 3 is 2.06 bits per heavy atom. The Labute approximate surface area is 129 Å². The molecule has 0 aromatic rings. The van der Waals surface area contributed by atoms with E-state index < -0.39 is 29.4 Å². The summed E-state index contributed by atoms with van der Waals surface area (Å²) >= 11 is 19.2. The molecule has 18 heavy (non-hydrogen) atoms. The van der Waals surface area contributed by atoms with Crippen LogP contribution in [0, 0.1) is 5.92 Å². The molecule has 1 aliphatic rings. The van der Waals surface area contributed by atoms with Crippen molar-refractivity contribution in [2.75, 3.05) is 0 Å². The van der Waals surface area contributed by atoms with E-state index in [0.29, 0.717) is 0 Å². The van der Waals surface area contributed by atoms with Gasteiger partial charge in [0.05, 0.1) is 4.48 Å². The lowest BCUT2D eigenvalue weighted by molar-refractivity contribution is -0.147. The van der Waals surface area contributed by atoms with Crippen molar-refractivity contribution in [2.24, 2.45) is 5.92 Å². The Morgan fingerprint density at radius 2 is 1.78 bits per heavy atom. The topological polar surface area (TPSA) is 60.4 Å². The van der Waals surface area contributed by atoms with Crippen LogP contribution in [0.3, 0.4) is 0 Å². The van der Waals surface area contributed by atoms with Gasteiger partial charge in [0.15, 0.2) is 4.91 Å². The van der Waals surface area contributed by atoms with Gasteiger partial charge in [-0.3, -0.25) is 0 Å². The van der Waals surface area contributed by atoms with Crippen LogP contribution < -0.4 is 0 Å². The van der Waals surface area contributed by atoms with E-state index in [1.807, 2.05) is 0 Å². The van der Waals surface area contributed by atoms with Gasteiger partial charge in [-0.2, -0.15) is 0 Å². The van der Waals surface area contributed by atoms with Crippen molar-refractivity contribution >= 4 is 66.5 Å². The Balaban J connectivity index is 3.51. The van der Waals surface area contributed by atoms with Crippen LogP contribution in [-0.2, 0) is 19.4 Å². The predicted octanol–water partition coefficient (Wildman–Crippen LogP) is 3.31. The Hall–Kier alpha value is 0.510. The van der Waals surface area contributed by atoms with Crippen LogP contribution in [0.25, 0.3) is 0 Å². The maximum atomic E-state index is 12.0. The van der Waals surface area contributed by atoms with Gasteiger partial charge in [-0.1, -0.05) is 48.7 Å². The van der Waals surface area contributed by atoms with Gasteiger partial charge in [0.1, 0.15) is 5.60 Å². The van der Waals surface area contributed by atoms with Crippen LogP contribution in [0.5, 0.6) is 0 Å². The van der Waals surface area contributed by atoms with Crippen LogP contribution in [0.4, 0.5) is 0 Å². The summed E-state index contributed by atoms with van der Waals surface area (Å²) in [6.45, 7) is 5.14. The summed E-state index contributed by atoms with van der Waals surface area (Å²) in [6.07, 6.45) is 0. The summed E-state index contributed by atoms with van der Waals surface area (Å²) < 4.78 is 26.6. The van der Waals surface area contributed by atoms with Gasteiger partial charge in [-0.25, -0.2) is 13.2 Å². The van der Waals surface area contributed by atoms with Gasteiger partial charge >= 0.3 is 5.97 Å². The molecular formula is C9H10BrCl3O4S. The second-order valence-electron chi connectivity index (χ2n) is 4.24. The zero-order valence-corrected chi connectivity index (χ0v) is 14.3. The number of rotatable bonds is 2. The van der Waals surface area contributed by atoms with E-state index in [-0.39, 0.29) is 10.4 Å². The maximum Gasteiger partial charge on any atom is 0.351 e. The van der Waals surface area contributed by atoms with Crippen molar-refractivity contribution in [1.29, 1.82) is 0 Å². The van der Waals surface area contributed by atoms with Gasteiger partial charge < -0.3 is 4.74 Å². The molecule has 0 bridgehead atoms. The van der Waals surface area contributed by atoms with Crippen LogP contribution in [0.15, 0.2) is 9.39 Å². The fraction of sp³-hybridized carbons (Fsp3) is 0.667. The summed E-state index contributed by atoms with van der Waals surface area (Å²) in [5, 5.41) is 0. The van der Waals surface area contributed by atoms with E-state index in [1.165, 1.54) is 0 Å². The molecule has 0 saturated carbocycles. The molecule has 0 aliphatic carbocycles. The minimum absolute atomic E-state index is 0.0707. The molecule has 1 atom stereocenters. The Bertz CT molecular complexity index is 520. The quantitative estimate of drug-likeness (QED) is 0.527. The van der Waals surface area contributed by atoms with Crippen molar-refractivity contribution in [3.05, 3.63) is 9.39 Å². The largest absolute Gasteiger partial charge is 0.449 e. The van der Waals surface area contributed by atoms with Crippen molar-refractivity contribution in [1.82, 2.24) is 0 Å². The number of carbonyl (C=O) groups is 1. The van der Waals surface area contributed by atoms with Crippen molar-refractivity contribution < 1.29 is 17.9 Å². The molecule has 0 aromatic carbocycles. The van der Waals surface area contributed by atoms with E-state index in [9.17, 15) is 13.2 Å². The minimum Gasteiger partial charge on any atom is -0.449 e. The summed E-state index contributed by atoms with van der Waals surface area (Å²) in [6, 6.07) is 0. The molecule has 0 fully saturated rings. The number of halogens is 4. The third kappa shape index (κ3) is 2.42. The number of cyclic esters (lactones) is 1. The number of alkyl halides is 3. The lowest BCUT2D eigenvalue weighted by atomic mass is 9.93. The first kappa shape index (κ1) is 16.6. The summed E-state index contributed by atoms with van der Waals surface area (Å²) in [5.74, 6) is -1.18. The standard InChI is InChI=1S/C9H10BrCl3O4S/c1-4(2)8(3)6(10)5(7(14)17-8)18(15,16)9(11,12)13/h4H,1-3H3. The van der Waals surface area contributed by atoms with Crippen molar-refractivity contribution in [3.8, 4) is 0 Å². The van der Waals surface area contributed by atoms with Crippen LogP contribution in [-0.4, -0.2) is 23.1 Å². The smallest absolute Gasteiger partial charge is 0.351 e. The highest BCUT2D eigenvalue weighted by Gasteiger charge is 2.54. The van der Waals surface area contributed by atoms with Gasteiger partial charge in [0.2, 0.25) is 9.84 Å². The first-order valence-electron chi connectivity index (χ1n) is 4.80. The first-order valence-corrected chi connectivity index (χ1v) is 8.21. The van der Waals surface area contributed by atoms with E-state index >= 15 is 0 Å². The van der Waals surface area contributed by atoms with Crippen LogP contribution >= 0.6 is 50.7 Å². The molecular weight excluding hydrogens is 390 g/mol. The van der Waals surface area contributed by atoms with E-state index in [2.05, 4.69) is 15.9 Å². The normalized spacial score (nSPS) is 25.9. The predicted molar refractivity (Wildman–Crippen MR) is 74.5 cm³/mol. The molecule has 1 heterocycles. The van der Waals surface area contributed by atoms with Gasteiger partial charge in [-0.15, -0.1) is 0 Å². The molecule has 0 amide bonds.